The van der Waals surface area contributed by atoms with Crippen LogP contribution in [0.2, 0.25) is 0 Å². The topological polar surface area (TPSA) is 40.5 Å². The fourth-order valence-electron chi connectivity index (χ4n) is 6.42. The van der Waals surface area contributed by atoms with Gasteiger partial charge in [-0.05, 0) is 105 Å². The predicted molar refractivity (Wildman–Crippen MR) is 106 cm³/mol. The van der Waals surface area contributed by atoms with E-state index in [9.17, 15) is 10.2 Å². The number of phenols is 1. The second-order valence-corrected chi connectivity index (χ2v) is 9.08. The number of benzene rings is 1. The van der Waals surface area contributed by atoms with E-state index < -0.39 is 5.60 Å². The summed E-state index contributed by atoms with van der Waals surface area (Å²) in [5.41, 5.74) is 1.76. The first-order chi connectivity index (χ1) is 13.0. The highest BCUT2D eigenvalue weighted by molar-refractivity contribution is 5.48. The van der Waals surface area contributed by atoms with E-state index in [1.807, 2.05) is 37.8 Å². The molecule has 0 saturated heterocycles. The molecule has 5 radical (unpaired) electrons. The molecule has 2 nitrogen and oxygen atoms in total. The Labute approximate surface area is 163 Å². The molecule has 1 aromatic rings. The van der Waals surface area contributed by atoms with Gasteiger partial charge in [0.25, 0.3) is 0 Å². The van der Waals surface area contributed by atoms with Crippen LogP contribution >= 0.6 is 0 Å². The monoisotopic (exact) mass is 359 g/mol. The lowest BCUT2D eigenvalue weighted by Crippen LogP contribution is -2.50. The van der Waals surface area contributed by atoms with Crippen LogP contribution in [0.25, 0.3) is 0 Å². The van der Waals surface area contributed by atoms with E-state index in [2.05, 4.69) is 24.8 Å². The average Bonchev–Trinajstić information content (AvgIpc) is 3.26. The maximum absolute atomic E-state index is 11.6. The standard InChI is InChI=1S/C25H27O2/c1-24-13-11-21-20-9-7-19(26)16-18(20)6-8-22(21)23(24)12-15-25(24,27)14-10-17-4-2-3-5-17/h2-5,7,9,16,21-23,26-27H,6,8,11-13,15H2,1H3/t21-,22-,23+,24+,25?/m1/s1. The van der Waals surface area contributed by atoms with Gasteiger partial charge in [0.05, 0.1) is 5.92 Å². The molecule has 3 saturated carbocycles. The van der Waals surface area contributed by atoms with Crippen LogP contribution in [-0.4, -0.2) is 15.8 Å². The van der Waals surface area contributed by atoms with Crippen molar-refractivity contribution in [3.63, 3.8) is 0 Å². The van der Waals surface area contributed by atoms with Crippen LogP contribution in [0, 0.1) is 60.7 Å². The number of phenolic OH excluding ortho intramolecular Hbond substituents is 1. The van der Waals surface area contributed by atoms with Crippen molar-refractivity contribution in [2.45, 2.75) is 57.0 Å². The molecule has 4 aliphatic carbocycles. The molecule has 0 bridgehead atoms. The summed E-state index contributed by atoms with van der Waals surface area (Å²) in [4.78, 5) is 0. The summed E-state index contributed by atoms with van der Waals surface area (Å²) in [7, 11) is 0. The van der Waals surface area contributed by atoms with Crippen molar-refractivity contribution in [1.82, 2.24) is 0 Å². The van der Waals surface area contributed by atoms with Crippen molar-refractivity contribution in [2.24, 2.45) is 17.3 Å². The lowest BCUT2D eigenvalue weighted by Gasteiger charge is -2.52. The number of rotatable bonds is 0. The Morgan fingerprint density at radius 2 is 1.89 bits per heavy atom. The highest BCUT2D eigenvalue weighted by Gasteiger charge is 2.61. The van der Waals surface area contributed by atoms with Crippen molar-refractivity contribution in [3.8, 4) is 17.6 Å². The molecule has 0 aromatic heterocycles. The average molecular weight is 359 g/mol. The normalized spacial score (nSPS) is 40.6. The van der Waals surface area contributed by atoms with E-state index in [1.165, 1.54) is 11.1 Å². The molecule has 5 atom stereocenters. The van der Waals surface area contributed by atoms with Gasteiger partial charge in [-0.25, -0.2) is 0 Å². The third kappa shape index (κ3) is 2.65. The fraction of sp³-hybridized carbons (Fsp3) is 0.480. The Hall–Kier alpha value is -1.46. The van der Waals surface area contributed by atoms with Gasteiger partial charge in [0.15, 0.2) is 0 Å². The van der Waals surface area contributed by atoms with Crippen molar-refractivity contribution in [3.05, 3.63) is 60.9 Å². The largest absolute Gasteiger partial charge is 0.508 e. The molecule has 4 aliphatic rings. The summed E-state index contributed by atoms with van der Waals surface area (Å²) < 4.78 is 0. The zero-order valence-corrected chi connectivity index (χ0v) is 15.9. The summed E-state index contributed by atoms with van der Waals surface area (Å²) in [6, 6.07) is 5.93. The first-order valence-corrected chi connectivity index (χ1v) is 10.3. The molecule has 0 heterocycles. The van der Waals surface area contributed by atoms with Crippen LogP contribution in [0.3, 0.4) is 0 Å². The van der Waals surface area contributed by atoms with Crippen LogP contribution in [-0.2, 0) is 6.42 Å². The minimum atomic E-state index is -0.880. The third-order valence-electron chi connectivity index (χ3n) is 7.94. The molecular weight excluding hydrogens is 332 g/mol. The van der Waals surface area contributed by atoms with Gasteiger partial charge in [0.1, 0.15) is 11.4 Å². The SMILES string of the molecule is C[C@]12CC[C@@H]3c4ccc(O)cc4CC[C@H]3[C@@H]1CCC2(O)C#C[C]1[CH][CH][CH][CH]1. The van der Waals surface area contributed by atoms with Crippen molar-refractivity contribution in [2.75, 3.05) is 0 Å². The lowest BCUT2D eigenvalue weighted by molar-refractivity contribution is -0.0648. The van der Waals surface area contributed by atoms with Crippen LogP contribution in [0.4, 0.5) is 0 Å². The summed E-state index contributed by atoms with van der Waals surface area (Å²) in [6.45, 7) is 2.28. The zero-order chi connectivity index (χ0) is 18.6. The minimum absolute atomic E-state index is 0.123. The molecule has 0 amide bonds. The van der Waals surface area contributed by atoms with E-state index in [0.29, 0.717) is 23.5 Å². The van der Waals surface area contributed by atoms with Crippen molar-refractivity contribution >= 4 is 0 Å². The molecule has 1 unspecified atom stereocenters. The maximum Gasteiger partial charge on any atom is 0.131 e. The molecule has 2 N–H and O–H groups in total. The molecule has 3 fully saturated rings. The molecular formula is C25H27O2. The van der Waals surface area contributed by atoms with Gasteiger partial charge in [0.2, 0.25) is 0 Å². The second-order valence-electron chi connectivity index (χ2n) is 9.08. The van der Waals surface area contributed by atoms with E-state index >= 15 is 0 Å². The number of aliphatic hydroxyl groups is 1. The molecule has 1 aromatic carbocycles. The van der Waals surface area contributed by atoms with Gasteiger partial charge in [-0.15, -0.1) is 0 Å². The first kappa shape index (κ1) is 17.6. The van der Waals surface area contributed by atoms with E-state index in [-0.39, 0.29) is 5.41 Å². The van der Waals surface area contributed by atoms with Crippen LogP contribution in [0.5, 0.6) is 5.75 Å². The minimum Gasteiger partial charge on any atom is -0.508 e. The molecule has 0 aliphatic heterocycles. The molecule has 0 spiro atoms. The van der Waals surface area contributed by atoms with Gasteiger partial charge in [0, 0.05) is 5.41 Å². The summed E-state index contributed by atoms with van der Waals surface area (Å²) in [6.07, 6.45) is 14.2. The highest BCUT2D eigenvalue weighted by Crippen LogP contribution is 2.64. The Balaban J connectivity index is 1.43. The number of aryl methyl sites for hydroxylation is 1. The molecule has 27 heavy (non-hydrogen) atoms. The van der Waals surface area contributed by atoms with Crippen LogP contribution in [0.15, 0.2) is 18.2 Å². The van der Waals surface area contributed by atoms with E-state index in [0.717, 1.165) is 44.4 Å². The quantitative estimate of drug-likeness (QED) is 0.675. The van der Waals surface area contributed by atoms with Crippen LogP contribution in [0.1, 0.15) is 56.1 Å². The Kier molecular flexibility index (Phi) is 4.10. The number of hydrogen-bond acceptors (Lipinski definition) is 2. The second kappa shape index (κ2) is 6.28. The Morgan fingerprint density at radius 3 is 2.70 bits per heavy atom. The van der Waals surface area contributed by atoms with E-state index in [1.54, 1.807) is 0 Å². The van der Waals surface area contributed by atoms with Gasteiger partial charge < -0.3 is 10.2 Å². The van der Waals surface area contributed by atoms with E-state index in [4.69, 9.17) is 0 Å². The van der Waals surface area contributed by atoms with Gasteiger partial charge in [-0.1, -0.05) is 24.8 Å². The lowest BCUT2D eigenvalue weighted by atomic mass is 9.53. The Morgan fingerprint density at radius 1 is 1.07 bits per heavy atom. The molecule has 5 rings (SSSR count). The van der Waals surface area contributed by atoms with Crippen molar-refractivity contribution < 1.29 is 10.2 Å². The first-order valence-electron chi connectivity index (χ1n) is 10.3. The third-order valence-corrected chi connectivity index (χ3v) is 7.94. The maximum atomic E-state index is 11.6. The Bertz CT molecular complexity index is 796. The number of hydrogen-bond donors (Lipinski definition) is 2. The number of fused-ring (bicyclic) bond motifs is 5. The zero-order valence-electron chi connectivity index (χ0n) is 15.9. The summed E-state index contributed by atoms with van der Waals surface area (Å²) in [5.74, 6) is 9.62. The predicted octanol–water partition coefficient (Wildman–Crippen LogP) is 4.39. The van der Waals surface area contributed by atoms with Gasteiger partial charge in [-0.3, -0.25) is 0 Å². The van der Waals surface area contributed by atoms with Gasteiger partial charge >= 0.3 is 0 Å². The van der Waals surface area contributed by atoms with Gasteiger partial charge in [-0.2, -0.15) is 0 Å². The fourth-order valence-corrected chi connectivity index (χ4v) is 6.42. The highest BCUT2D eigenvalue weighted by atomic mass is 16.3. The van der Waals surface area contributed by atoms with Crippen molar-refractivity contribution in [1.29, 1.82) is 0 Å². The summed E-state index contributed by atoms with van der Waals surface area (Å²) in [5, 5.41) is 21.4. The molecule has 139 valence electrons. The van der Waals surface area contributed by atoms with Crippen LogP contribution < -0.4 is 0 Å². The summed E-state index contributed by atoms with van der Waals surface area (Å²) >= 11 is 0. The number of aromatic hydroxyl groups is 1. The smallest absolute Gasteiger partial charge is 0.131 e. The molecule has 2 heteroatoms.